The number of carbonyl (C=O) groups is 1. The number of hydrogen-bond acceptors (Lipinski definition) is 6. The first-order valence-electron chi connectivity index (χ1n) is 12.6. The maximum atomic E-state index is 14.5. The van der Waals surface area contributed by atoms with Gasteiger partial charge in [0.1, 0.15) is 16.6 Å². The largest absolute Gasteiger partial charge is 0.435 e. The van der Waals surface area contributed by atoms with Gasteiger partial charge in [0.15, 0.2) is 11.5 Å². The fourth-order valence-electron chi connectivity index (χ4n) is 4.88. The molecule has 1 aliphatic rings. The molecule has 0 saturated heterocycles. The molecule has 0 fully saturated rings. The van der Waals surface area contributed by atoms with Crippen molar-refractivity contribution in [2.75, 3.05) is 27.2 Å². The first kappa shape index (κ1) is 28.2. The van der Waals surface area contributed by atoms with Gasteiger partial charge in [0.25, 0.3) is 0 Å². The number of carbonyl (C=O) groups excluding carboxylic acids is 1. The minimum Gasteiger partial charge on any atom is -0.333 e. The molecule has 0 unspecified atom stereocenters. The molecule has 0 radical (unpaired) electrons. The first-order chi connectivity index (χ1) is 19.6. The second-order valence-electron chi connectivity index (χ2n) is 9.78. The highest BCUT2D eigenvalue weighted by Crippen LogP contribution is 2.44. The van der Waals surface area contributed by atoms with Gasteiger partial charge in [-0.25, -0.2) is 9.07 Å². The van der Waals surface area contributed by atoms with E-state index in [0.717, 1.165) is 27.5 Å². The molecular weight excluding hydrogens is 556 g/mol. The Kier molecular flexibility index (Phi) is 7.75. The van der Waals surface area contributed by atoms with Crippen LogP contribution >= 0.6 is 11.3 Å². The number of nitriles is 1. The molecule has 4 aromatic rings. The molecule has 1 aromatic carbocycles. The van der Waals surface area contributed by atoms with E-state index in [1.165, 1.54) is 29.7 Å². The number of nitrogens with zero attached hydrogens (tertiary/aromatic N) is 6. The summed E-state index contributed by atoms with van der Waals surface area (Å²) in [6, 6.07) is 11.7. The van der Waals surface area contributed by atoms with Crippen molar-refractivity contribution in [3.05, 3.63) is 99.5 Å². The number of thiophene rings is 1. The molecule has 4 heterocycles. The predicted molar refractivity (Wildman–Crippen MR) is 146 cm³/mol. The van der Waals surface area contributed by atoms with Crippen LogP contribution in [0, 0.1) is 17.1 Å². The highest BCUT2D eigenvalue weighted by molar-refractivity contribution is 7.12. The molecule has 0 bridgehead atoms. The monoisotopic (exact) mass is 580 g/mol. The van der Waals surface area contributed by atoms with Crippen LogP contribution in [0.15, 0.2) is 67.1 Å². The summed E-state index contributed by atoms with van der Waals surface area (Å²) in [7, 11) is 3.76. The molecule has 5 rings (SSSR count). The van der Waals surface area contributed by atoms with Crippen LogP contribution in [0.3, 0.4) is 0 Å². The van der Waals surface area contributed by atoms with E-state index >= 15 is 0 Å². The van der Waals surface area contributed by atoms with Crippen molar-refractivity contribution in [1.82, 2.24) is 24.6 Å². The predicted octanol–water partition coefficient (Wildman–Crippen LogP) is 5.62. The summed E-state index contributed by atoms with van der Waals surface area (Å²) in [4.78, 5) is 21.6. The third kappa shape index (κ3) is 5.77. The van der Waals surface area contributed by atoms with Crippen molar-refractivity contribution in [3.63, 3.8) is 0 Å². The Bertz CT molecular complexity index is 1670. The van der Waals surface area contributed by atoms with E-state index in [-0.39, 0.29) is 29.3 Å². The summed E-state index contributed by atoms with van der Waals surface area (Å²) < 4.78 is 58.2. The van der Waals surface area contributed by atoms with Crippen molar-refractivity contribution in [2.24, 2.45) is 0 Å². The van der Waals surface area contributed by atoms with Gasteiger partial charge in [0, 0.05) is 47.9 Å². The van der Waals surface area contributed by atoms with E-state index in [9.17, 15) is 27.6 Å². The van der Waals surface area contributed by atoms with Gasteiger partial charge in [-0.3, -0.25) is 9.78 Å². The number of pyridine rings is 1. The van der Waals surface area contributed by atoms with Gasteiger partial charge in [-0.2, -0.15) is 23.5 Å². The topological polar surface area (TPSA) is 78.0 Å². The lowest BCUT2D eigenvalue weighted by atomic mass is 9.83. The number of halogens is 4. The third-order valence-electron chi connectivity index (χ3n) is 6.71. The average Bonchev–Trinajstić information content (AvgIpc) is 3.57. The van der Waals surface area contributed by atoms with Gasteiger partial charge in [-0.1, -0.05) is 30.3 Å². The number of rotatable bonds is 6. The van der Waals surface area contributed by atoms with Crippen LogP contribution in [0.4, 0.5) is 17.6 Å². The molecule has 0 saturated carbocycles. The van der Waals surface area contributed by atoms with Gasteiger partial charge in [0.05, 0.1) is 12.7 Å². The summed E-state index contributed by atoms with van der Waals surface area (Å²) in [5.74, 6) is -1.57. The zero-order valence-corrected chi connectivity index (χ0v) is 22.9. The highest BCUT2D eigenvalue weighted by atomic mass is 32.1. The summed E-state index contributed by atoms with van der Waals surface area (Å²) in [6.07, 6.45) is 1.74. The van der Waals surface area contributed by atoms with Crippen LogP contribution in [-0.4, -0.2) is 57.7 Å². The zero-order chi connectivity index (χ0) is 29.3. The van der Waals surface area contributed by atoms with Crippen molar-refractivity contribution < 1.29 is 22.4 Å². The number of likely N-dealkylation sites (N-methyl/N-ethyl adjacent to an activating group) is 1. The number of aromatic nitrogens is 3. The lowest BCUT2D eigenvalue weighted by Gasteiger charge is -2.33. The standard InChI is InChI=1S/C29H24F4N6OS/c1-37(2)11-5-8-27(40)38-15-22(21-12-18(13-34)41-26(21)17-38)19-6-3-4-7-20(19)23-16-39(36-28(23)29(31,32)33)25-9-10-35-14-24(25)30/h3-10,12,14,16,22H,11,15,17H2,1-2H3/b8-5+/t22-/m0/s1. The molecule has 210 valence electrons. The molecule has 12 heteroatoms. The van der Waals surface area contributed by atoms with Crippen molar-refractivity contribution >= 4 is 17.2 Å². The Morgan fingerprint density at radius 2 is 2.00 bits per heavy atom. The van der Waals surface area contributed by atoms with Crippen LogP contribution in [-0.2, 0) is 17.5 Å². The Morgan fingerprint density at radius 3 is 2.71 bits per heavy atom. The summed E-state index contributed by atoms with van der Waals surface area (Å²) in [6.45, 7) is 1.06. The number of alkyl halides is 3. The summed E-state index contributed by atoms with van der Waals surface area (Å²) in [5.41, 5.74) is 0.00817. The molecule has 1 aliphatic heterocycles. The normalized spacial score (nSPS) is 15.4. The first-order valence-corrected chi connectivity index (χ1v) is 13.4. The van der Waals surface area contributed by atoms with Gasteiger partial charge in [-0.15, -0.1) is 11.3 Å². The number of benzene rings is 1. The van der Waals surface area contributed by atoms with Gasteiger partial charge in [0.2, 0.25) is 5.91 Å². The van der Waals surface area contributed by atoms with Crippen LogP contribution in [0.25, 0.3) is 16.8 Å². The van der Waals surface area contributed by atoms with E-state index in [1.807, 2.05) is 19.0 Å². The SMILES string of the molecule is CN(C)C/C=C/C(=O)N1Cc2sc(C#N)cc2[C@H](c2ccccc2-c2cn(-c3ccncc3F)nc2C(F)(F)F)C1. The minimum absolute atomic E-state index is 0.174. The van der Waals surface area contributed by atoms with E-state index in [1.54, 1.807) is 41.3 Å². The van der Waals surface area contributed by atoms with Crippen LogP contribution in [0.2, 0.25) is 0 Å². The van der Waals surface area contributed by atoms with Crippen molar-refractivity contribution in [2.45, 2.75) is 18.6 Å². The lowest BCUT2D eigenvalue weighted by Crippen LogP contribution is -2.37. The summed E-state index contributed by atoms with van der Waals surface area (Å²) in [5, 5.41) is 13.3. The van der Waals surface area contributed by atoms with Gasteiger partial charge in [-0.05, 0) is 42.9 Å². The van der Waals surface area contributed by atoms with E-state index < -0.39 is 23.6 Å². The van der Waals surface area contributed by atoms with Crippen molar-refractivity contribution in [3.8, 4) is 22.9 Å². The molecule has 0 spiro atoms. The van der Waals surface area contributed by atoms with Gasteiger partial charge < -0.3 is 9.80 Å². The van der Waals surface area contributed by atoms with Crippen LogP contribution in [0.5, 0.6) is 0 Å². The molecule has 0 aliphatic carbocycles. The van der Waals surface area contributed by atoms with E-state index in [0.29, 0.717) is 23.5 Å². The molecule has 41 heavy (non-hydrogen) atoms. The fourth-order valence-corrected chi connectivity index (χ4v) is 5.92. The highest BCUT2D eigenvalue weighted by Gasteiger charge is 2.39. The lowest BCUT2D eigenvalue weighted by molar-refractivity contribution is -0.140. The smallest absolute Gasteiger partial charge is 0.333 e. The second-order valence-corrected chi connectivity index (χ2v) is 10.9. The number of hydrogen-bond donors (Lipinski definition) is 0. The maximum Gasteiger partial charge on any atom is 0.435 e. The number of amides is 1. The Labute approximate surface area is 237 Å². The average molecular weight is 581 g/mol. The van der Waals surface area contributed by atoms with E-state index in [4.69, 9.17) is 0 Å². The Hall–Kier alpha value is -4.34. The quantitative estimate of drug-likeness (QED) is 0.219. The molecule has 0 N–H and O–H groups in total. The molecule has 1 amide bonds. The molecular formula is C29H24F4N6OS. The zero-order valence-electron chi connectivity index (χ0n) is 22.1. The fraction of sp³-hybridized carbons (Fsp3) is 0.241. The number of fused-ring (bicyclic) bond motifs is 1. The summed E-state index contributed by atoms with van der Waals surface area (Å²) >= 11 is 1.26. The minimum atomic E-state index is -4.83. The third-order valence-corrected chi connectivity index (χ3v) is 7.75. The molecule has 7 nitrogen and oxygen atoms in total. The van der Waals surface area contributed by atoms with Crippen LogP contribution in [0.1, 0.15) is 32.5 Å². The van der Waals surface area contributed by atoms with E-state index in [2.05, 4.69) is 16.2 Å². The molecule has 3 aromatic heterocycles. The Balaban J connectivity index is 1.63. The van der Waals surface area contributed by atoms with Gasteiger partial charge >= 0.3 is 6.18 Å². The van der Waals surface area contributed by atoms with Crippen LogP contribution < -0.4 is 0 Å². The van der Waals surface area contributed by atoms with Crippen molar-refractivity contribution in [1.29, 1.82) is 5.26 Å². The maximum absolute atomic E-state index is 14.5. The Morgan fingerprint density at radius 1 is 1.22 bits per heavy atom. The molecule has 1 atom stereocenters. The second kappa shape index (κ2) is 11.3.